The van der Waals surface area contributed by atoms with Gasteiger partial charge in [-0.3, -0.25) is 9.59 Å². The summed E-state index contributed by atoms with van der Waals surface area (Å²) in [4.78, 5) is 20.0. The molecule has 0 atom stereocenters. The second kappa shape index (κ2) is 5.24. The Morgan fingerprint density at radius 3 is 1.89 bits per heavy atom. The molecule has 9 heavy (non-hydrogen) atoms. The molecule has 0 aliphatic rings. The molecule has 0 saturated carbocycles. The first-order valence-electron chi connectivity index (χ1n) is 2.25. The van der Waals surface area contributed by atoms with Crippen LogP contribution in [-0.2, 0) is 14.3 Å². The Morgan fingerprint density at radius 1 is 1.33 bits per heavy atom. The summed E-state index contributed by atoms with van der Waals surface area (Å²) in [5, 5.41) is 0. The van der Waals surface area contributed by atoms with Crippen molar-refractivity contribution < 1.29 is 14.3 Å². The lowest BCUT2D eigenvalue weighted by molar-refractivity contribution is -0.145. The summed E-state index contributed by atoms with van der Waals surface area (Å²) in [6, 6.07) is 0. The Labute approximate surface area is 53.8 Å². The highest BCUT2D eigenvalue weighted by molar-refractivity contribution is 5.79. The van der Waals surface area contributed by atoms with Crippen molar-refractivity contribution >= 4 is 11.8 Å². The van der Waals surface area contributed by atoms with Crippen LogP contribution in [0.5, 0.6) is 0 Å². The molecule has 3 N–H and O–H groups in total. The first-order chi connectivity index (χ1) is 3.63. The normalized spacial score (nSPS) is 7.33. The minimum Gasteiger partial charge on any atom is -0.458 e. The van der Waals surface area contributed by atoms with Crippen LogP contribution in [0.25, 0.3) is 0 Å². The Morgan fingerprint density at radius 2 is 1.78 bits per heavy atom. The van der Waals surface area contributed by atoms with Gasteiger partial charge in [0.05, 0.1) is 0 Å². The SMILES string of the molecule is CC(=O)COC(C)=O.N. The molecule has 0 rings (SSSR count). The molecule has 0 fully saturated rings. The number of esters is 1. The fourth-order valence-corrected chi connectivity index (χ4v) is 0.203. The molecule has 0 aromatic carbocycles. The van der Waals surface area contributed by atoms with Crippen LogP contribution in [-0.4, -0.2) is 18.4 Å². The number of hydrogen-bond donors (Lipinski definition) is 1. The number of hydrogen-bond acceptors (Lipinski definition) is 4. The van der Waals surface area contributed by atoms with Gasteiger partial charge in [0, 0.05) is 6.92 Å². The van der Waals surface area contributed by atoms with Crippen LogP contribution in [0.3, 0.4) is 0 Å². The Kier molecular flexibility index (Phi) is 6.39. The van der Waals surface area contributed by atoms with Crippen molar-refractivity contribution in [1.29, 1.82) is 0 Å². The van der Waals surface area contributed by atoms with Crippen LogP contribution >= 0.6 is 0 Å². The van der Waals surface area contributed by atoms with Crippen LogP contribution in [0.4, 0.5) is 0 Å². The minimum atomic E-state index is -0.416. The zero-order chi connectivity index (χ0) is 6.57. The van der Waals surface area contributed by atoms with E-state index in [2.05, 4.69) is 4.74 Å². The van der Waals surface area contributed by atoms with Crippen molar-refractivity contribution in [2.24, 2.45) is 0 Å². The second-order valence-electron chi connectivity index (χ2n) is 1.48. The second-order valence-corrected chi connectivity index (χ2v) is 1.48. The van der Waals surface area contributed by atoms with Gasteiger partial charge in [-0.1, -0.05) is 0 Å². The van der Waals surface area contributed by atoms with Gasteiger partial charge in [-0.25, -0.2) is 0 Å². The van der Waals surface area contributed by atoms with Crippen LogP contribution < -0.4 is 6.15 Å². The van der Waals surface area contributed by atoms with Crippen LogP contribution in [0.2, 0.25) is 0 Å². The molecule has 0 unspecified atom stereocenters. The monoisotopic (exact) mass is 133 g/mol. The van der Waals surface area contributed by atoms with Gasteiger partial charge >= 0.3 is 5.97 Å². The topological polar surface area (TPSA) is 78.4 Å². The average Bonchev–Trinajstić information content (AvgIpc) is 1.61. The van der Waals surface area contributed by atoms with Crippen LogP contribution in [0.1, 0.15) is 13.8 Å². The van der Waals surface area contributed by atoms with Crippen molar-refractivity contribution in [2.75, 3.05) is 6.61 Å². The molecule has 0 bridgehead atoms. The van der Waals surface area contributed by atoms with E-state index in [1.54, 1.807) is 0 Å². The largest absolute Gasteiger partial charge is 0.458 e. The highest BCUT2D eigenvalue weighted by Gasteiger charge is 1.94. The van der Waals surface area contributed by atoms with E-state index in [0.717, 1.165) is 0 Å². The number of carbonyl (C=O) groups is 2. The summed E-state index contributed by atoms with van der Waals surface area (Å²) in [6.07, 6.45) is 0. The highest BCUT2D eigenvalue weighted by atomic mass is 16.5. The number of Topliss-reactive ketones (excluding diaryl/α,β-unsaturated/α-hetero) is 1. The van der Waals surface area contributed by atoms with Gasteiger partial charge in [-0.05, 0) is 6.92 Å². The van der Waals surface area contributed by atoms with E-state index < -0.39 is 5.97 Å². The first kappa shape index (κ1) is 11.0. The molecular formula is C5H11NO3. The van der Waals surface area contributed by atoms with Crippen molar-refractivity contribution in [1.82, 2.24) is 6.15 Å². The molecule has 0 radical (unpaired) electrons. The van der Waals surface area contributed by atoms with Gasteiger partial charge in [0.15, 0.2) is 5.78 Å². The van der Waals surface area contributed by atoms with Gasteiger partial charge in [-0.2, -0.15) is 0 Å². The van der Waals surface area contributed by atoms with E-state index in [1.807, 2.05) is 0 Å². The number of ketones is 1. The summed E-state index contributed by atoms with van der Waals surface area (Å²) >= 11 is 0. The molecule has 4 heteroatoms. The molecule has 0 aromatic rings. The predicted molar refractivity (Wildman–Crippen MR) is 32.3 cm³/mol. The Balaban J connectivity index is 0. The van der Waals surface area contributed by atoms with Gasteiger partial charge in [0.1, 0.15) is 6.61 Å². The molecule has 0 saturated heterocycles. The summed E-state index contributed by atoms with van der Waals surface area (Å²) < 4.78 is 4.31. The third-order valence-electron chi connectivity index (χ3n) is 0.479. The van der Waals surface area contributed by atoms with E-state index in [4.69, 9.17) is 0 Å². The zero-order valence-corrected chi connectivity index (χ0v) is 5.64. The lowest BCUT2D eigenvalue weighted by Crippen LogP contribution is -2.07. The van der Waals surface area contributed by atoms with Crippen LogP contribution in [0.15, 0.2) is 0 Å². The molecular weight excluding hydrogens is 122 g/mol. The maximum Gasteiger partial charge on any atom is 0.303 e. The Hall–Kier alpha value is -0.900. The fraction of sp³-hybridized carbons (Fsp3) is 0.600. The highest BCUT2D eigenvalue weighted by Crippen LogP contribution is 1.75. The molecule has 0 spiro atoms. The van der Waals surface area contributed by atoms with E-state index in [0.29, 0.717) is 0 Å². The lowest BCUT2D eigenvalue weighted by atomic mass is 10.5. The van der Waals surface area contributed by atoms with Crippen molar-refractivity contribution in [3.8, 4) is 0 Å². The zero-order valence-electron chi connectivity index (χ0n) is 5.64. The van der Waals surface area contributed by atoms with Crippen molar-refractivity contribution in [3.63, 3.8) is 0 Å². The van der Waals surface area contributed by atoms with E-state index >= 15 is 0 Å². The summed E-state index contributed by atoms with van der Waals surface area (Å²) in [5.41, 5.74) is 0. The lowest BCUT2D eigenvalue weighted by Gasteiger charge is -1.93. The molecule has 0 aromatic heterocycles. The van der Waals surface area contributed by atoms with E-state index in [1.165, 1.54) is 13.8 Å². The van der Waals surface area contributed by atoms with Gasteiger partial charge in [0.2, 0.25) is 0 Å². The van der Waals surface area contributed by atoms with Crippen molar-refractivity contribution in [3.05, 3.63) is 0 Å². The predicted octanol–water partition coefficient (Wildman–Crippen LogP) is 0.301. The maximum atomic E-state index is 10.1. The Bertz CT molecular complexity index is 96.8. The van der Waals surface area contributed by atoms with E-state index in [-0.39, 0.29) is 18.5 Å². The summed E-state index contributed by atoms with van der Waals surface area (Å²) in [5.74, 6) is -0.555. The van der Waals surface area contributed by atoms with Crippen molar-refractivity contribution in [2.45, 2.75) is 13.8 Å². The third kappa shape index (κ3) is 11.0. The smallest absolute Gasteiger partial charge is 0.303 e. The summed E-state index contributed by atoms with van der Waals surface area (Å²) in [6.45, 7) is 2.53. The van der Waals surface area contributed by atoms with Crippen LogP contribution in [0, 0.1) is 0 Å². The molecule has 0 amide bonds. The number of rotatable bonds is 2. The molecule has 54 valence electrons. The van der Waals surface area contributed by atoms with Gasteiger partial charge < -0.3 is 10.9 Å². The maximum absolute atomic E-state index is 10.1. The number of ether oxygens (including phenoxy) is 1. The van der Waals surface area contributed by atoms with Gasteiger partial charge in [0.25, 0.3) is 0 Å². The molecule has 4 nitrogen and oxygen atoms in total. The molecule has 0 aliphatic heterocycles. The first-order valence-corrected chi connectivity index (χ1v) is 2.25. The third-order valence-corrected chi connectivity index (χ3v) is 0.479. The number of carbonyl (C=O) groups excluding carboxylic acids is 2. The van der Waals surface area contributed by atoms with E-state index in [9.17, 15) is 9.59 Å². The fourth-order valence-electron chi connectivity index (χ4n) is 0.203. The minimum absolute atomic E-state index is 0. The standard InChI is InChI=1S/C5H8O3.H3N/c1-4(6)3-8-5(2)7;/h3H2,1-2H3;1H3. The van der Waals surface area contributed by atoms with Gasteiger partial charge in [-0.15, -0.1) is 0 Å². The molecule has 0 heterocycles. The summed E-state index contributed by atoms with van der Waals surface area (Å²) in [7, 11) is 0. The quantitative estimate of drug-likeness (QED) is 0.549. The molecule has 0 aliphatic carbocycles. The average molecular weight is 133 g/mol.